The molecule has 1 aliphatic rings. The molecule has 0 radical (unpaired) electrons. The first kappa shape index (κ1) is 19.1. The monoisotopic (exact) mass is 351 g/mol. The summed E-state index contributed by atoms with van der Waals surface area (Å²) in [5.74, 6) is -3.02. The first-order chi connectivity index (χ1) is 11.8. The van der Waals surface area contributed by atoms with Crippen molar-refractivity contribution in [2.45, 2.75) is 51.2 Å². The zero-order chi connectivity index (χ0) is 18.6. The summed E-state index contributed by atoms with van der Waals surface area (Å²) in [7, 11) is 0. The summed E-state index contributed by atoms with van der Waals surface area (Å²) < 4.78 is 10.5. The summed E-state index contributed by atoms with van der Waals surface area (Å²) in [6, 6.07) is 4.07. The van der Waals surface area contributed by atoms with E-state index in [1.165, 1.54) is 18.2 Å². The largest absolute Gasteiger partial charge is 0.504 e. The smallest absolute Gasteiger partial charge is 0.366 e. The molecule has 1 aromatic rings. The molecule has 0 aliphatic heterocycles. The fraction of sp³-hybridized carbons (Fsp3) is 0.556. The van der Waals surface area contributed by atoms with Gasteiger partial charge in [-0.25, -0.2) is 4.79 Å². The van der Waals surface area contributed by atoms with Gasteiger partial charge in [-0.3, -0.25) is 10.5 Å². The molecule has 1 aromatic carbocycles. The maximum Gasteiger partial charge on any atom is 0.366 e. The summed E-state index contributed by atoms with van der Waals surface area (Å²) in [5, 5.41) is 19.2. The number of hydrogen-bond donors (Lipinski definition) is 3. The Balaban J connectivity index is 2.29. The van der Waals surface area contributed by atoms with Crippen molar-refractivity contribution < 1.29 is 29.3 Å². The van der Waals surface area contributed by atoms with Gasteiger partial charge in [0.1, 0.15) is 0 Å². The van der Waals surface area contributed by atoms with Crippen molar-refractivity contribution in [3.63, 3.8) is 0 Å². The summed E-state index contributed by atoms with van der Waals surface area (Å²) in [4.78, 5) is 24.8. The molecule has 2 atom stereocenters. The van der Waals surface area contributed by atoms with Gasteiger partial charge < -0.3 is 19.7 Å². The van der Waals surface area contributed by atoms with Gasteiger partial charge in [0, 0.05) is 5.92 Å². The highest BCUT2D eigenvalue weighted by atomic mass is 16.6. The van der Waals surface area contributed by atoms with Crippen molar-refractivity contribution in [2.75, 3.05) is 6.61 Å². The van der Waals surface area contributed by atoms with Crippen LogP contribution in [0.15, 0.2) is 18.2 Å². The molecule has 1 fully saturated rings. The molecule has 1 aliphatic carbocycles. The van der Waals surface area contributed by atoms with E-state index in [0.29, 0.717) is 24.8 Å². The van der Waals surface area contributed by atoms with Gasteiger partial charge in [-0.1, -0.05) is 26.3 Å². The number of carbonyl (C=O) groups is 2. The summed E-state index contributed by atoms with van der Waals surface area (Å²) >= 11 is 0. The Labute approximate surface area is 146 Å². The van der Waals surface area contributed by atoms with Crippen LogP contribution in [0.1, 0.15) is 51.0 Å². The Morgan fingerprint density at radius 3 is 2.52 bits per heavy atom. The molecule has 1 saturated carbocycles. The van der Waals surface area contributed by atoms with Gasteiger partial charge >= 0.3 is 11.9 Å². The molecular weight excluding hydrogens is 326 g/mol. The zero-order valence-corrected chi connectivity index (χ0v) is 14.5. The van der Waals surface area contributed by atoms with Gasteiger partial charge in [0.2, 0.25) is 0 Å². The second kappa shape index (κ2) is 7.74. The van der Waals surface area contributed by atoms with E-state index >= 15 is 0 Å². The minimum Gasteiger partial charge on any atom is -0.504 e. The molecule has 0 saturated heterocycles. The highest BCUT2D eigenvalue weighted by molar-refractivity contribution is 5.85. The van der Waals surface area contributed by atoms with Crippen molar-refractivity contribution >= 4 is 11.9 Å². The first-order valence-electron chi connectivity index (χ1n) is 8.50. The Morgan fingerprint density at radius 1 is 1.32 bits per heavy atom. The third kappa shape index (κ3) is 4.04. The Bertz CT molecular complexity index is 642. The number of carbonyl (C=O) groups excluding carboxylic acids is 2. The number of phenols is 2. The molecule has 7 nitrogen and oxygen atoms in total. The molecule has 2 rings (SSSR count). The predicted molar refractivity (Wildman–Crippen MR) is 89.8 cm³/mol. The van der Waals surface area contributed by atoms with Crippen LogP contribution >= 0.6 is 0 Å². The van der Waals surface area contributed by atoms with E-state index in [1.807, 2.05) is 6.92 Å². The maximum absolute atomic E-state index is 12.5. The van der Waals surface area contributed by atoms with E-state index in [1.54, 1.807) is 6.92 Å². The van der Waals surface area contributed by atoms with E-state index in [2.05, 4.69) is 0 Å². The number of hydrogen-bond acceptors (Lipinski definition) is 7. The highest BCUT2D eigenvalue weighted by Crippen LogP contribution is 2.36. The van der Waals surface area contributed by atoms with Crippen molar-refractivity contribution in [1.29, 1.82) is 0 Å². The average Bonchev–Trinajstić information content (AvgIpc) is 2.52. The predicted octanol–water partition coefficient (Wildman–Crippen LogP) is 2.15. The van der Waals surface area contributed by atoms with Crippen molar-refractivity contribution in [3.05, 3.63) is 23.8 Å². The summed E-state index contributed by atoms with van der Waals surface area (Å²) in [5.41, 5.74) is 4.63. The molecule has 0 aromatic heterocycles. The molecule has 138 valence electrons. The van der Waals surface area contributed by atoms with Crippen LogP contribution in [0.25, 0.3) is 0 Å². The van der Waals surface area contributed by atoms with Gasteiger partial charge in [-0.15, -0.1) is 0 Å². The molecule has 0 spiro atoms. The van der Waals surface area contributed by atoms with Crippen molar-refractivity contribution in [2.24, 2.45) is 11.7 Å². The number of nitrogens with two attached hydrogens (primary N) is 1. The van der Waals surface area contributed by atoms with Gasteiger partial charge in [-0.05, 0) is 37.0 Å². The van der Waals surface area contributed by atoms with E-state index < -0.39 is 23.6 Å². The summed E-state index contributed by atoms with van der Waals surface area (Å²) in [6.07, 6.45) is 2.98. The molecule has 0 amide bonds. The van der Waals surface area contributed by atoms with Crippen molar-refractivity contribution in [3.8, 4) is 11.5 Å². The Hall–Kier alpha value is -2.28. The number of ether oxygens (including phenoxy) is 2. The van der Waals surface area contributed by atoms with Crippen LogP contribution in [0.4, 0.5) is 0 Å². The lowest BCUT2D eigenvalue weighted by molar-refractivity contribution is -0.189. The molecular formula is C18H25NO6. The van der Waals surface area contributed by atoms with Crippen LogP contribution in [0.3, 0.4) is 0 Å². The van der Waals surface area contributed by atoms with Crippen LogP contribution < -0.4 is 5.73 Å². The van der Waals surface area contributed by atoms with E-state index in [0.717, 1.165) is 6.42 Å². The maximum atomic E-state index is 12.5. The number of phenolic OH excluding ortho intramolecular Hbond substituents is 2. The SMILES string of the molecule is CCCOC(=O)[C@@](N)(OC(=O)C1CCC1)C(C)c1ccc(O)c(O)c1. The molecule has 4 N–H and O–H groups in total. The number of benzene rings is 1. The van der Waals surface area contributed by atoms with E-state index in [4.69, 9.17) is 15.2 Å². The molecule has 7 heteroatoms. The number of rotatable bonds is 7. The van der Waals surface area contributed by atoms with Crippen molar-refractivity contribution in [1.82, 2.24) is 0 Å². The van der Waals surface area contributed by atoms with Gasteiger partial charge in [-0.2, -0.15) is 0 Å². The minimum absolute atomic E-state index is 0.159. The van der Waals surface area contributed by atoms with E-state index in [9.17, 15) is 19.8 Å². The Kier molecular flexibility index (Phi) is 5.89. The zero-order valence-electron chi connectivity index (χ0n) is 14.5. The average molecular weight is 351 g/mol. The van der Waals surface area contributed by atoms with Gasteiger partial charge in [0.15, 0.2) is 11.5 Å². The molecule has 1 unspecified atom stereocenters. The minimum atomic E-state index is -2.01. The van der Waals surface area contributed by atoms with Crippen LogP contribution in [0.5, 0.6) is 11.5 Å². The molecule has 0 heterocycles. The van der Waals surface area contributed by atoms with E-state index in [-0.39, 0.29) is 24.0 Å². The van der Waals surface area contributed by atoms with Crippen LogP contribution in [-0.2, 0) is 19.1 Å². The molecule has 25 heavy (non-hydrogen) atoms. The second-order valence-electron chi connectivity index (χ2n) is 6.45. The summed E-state index contributed by atoms with van der Waals surface area (Å²) in [6.45, 7) is 3.60. The fourth-order valence-corrected chi connectivity index (χ4v) is 2.57. The lowest BCUT2D eigenvalue weighted by Gasteiger charge is -2.35. The topological polar surface area (TPSA) is 119 Å². The lowest BCUT2D eigenvalue weighted by atomic mass is 9.85. The van der Waals surface area contributed by atoms with Crippen LogP contribution in [0, 0.1) is 5.92 Å². The lowest BCUT2D eigenvalue weighted by Crippen LogP contribution is -2.57. The first-order valence-corrected chi connectivity index (χ1v) is 8.50. The standard InChI is InChI=1S/C18H25NO6/c1-3-9-24-17(23)18(19,25-16(22)12-5-4-6-12)11(2)13-7-8-14(20)15(21)10-13/h7-8,10-12,20-21H,3-6,9,19H2,1-2H3/t11?,18-/m0/s1. The van der Waals surface area contributed by atoms with Crippen LogP contribution in [0.2, 0.25) is 0 Å². The molecule has 0 bridgehead atoms. The number of aromatic hydroxyl groups is 2. The van der Waals surface area contributed by atoms with Crippen LogP contribution in [-0.4, -0.2) is 34.5 Å². The van der Waals surface area contributed by atoms with Gasteiger partial charge in [0.05, 0.1) is 12.5 Å². The normalized spacial score (nSPS) is 17.9. The number of esters is 2. The third-order valence-corrected chi connectivity index (χ3v) is 4.61. The quantitative estimate of drug-likeness (QED) is 0.391. The fourth-order valence-electron chi connectivity index (χ4n) is 2.57. The highest BCUT2D eigenvalue weighted by Gasteiger charge is 2.48. The Morgan fingerprint density at radius 2 is 2.00 bits per heavy atom. The second-order valence-corrected chi connectivity index (χ2v) is 6.45. The third-order valence-electron chi connectivity index (χ3n) is 4.61. The van der Waals surface area contributed by atoms with Gasteiger partial charge in [0.25, 0.3) is 5.72 Å².